The van der Waals surface area contributed by atoms with Gasteiger partial charge in [0.25, 0.3) is 0 Å². The second kappa shape index (κ2) is 10.8. The van der Waals surface area contributed by atoms with Crippen molar-refractivity contribution in [1.82, 2.24) is 10.2 Å². The van der Waals surface area contributed by atoms with Crippen molar-refractivity contribution in [3.63, 3.8) is 0 Å². The lowest BCUT2D eigenvalue weighted by Crippen LogP contribution is -2.41. The minimum atomic E-state index is -0.297. The van der Waals surface area contributed by atoms with E-state index in [0.29, 0.717) is 6.61 Å². The van der Waals surface area contributed by atoms with Gasteiger partial charge < -0.3 is 10.1 Å². The fraction of sp³-hybridized carbons (Fsp3) is 0.857. The number of carbonyl (C=O) groups excluding carboxylic acids is 2. The van der Waals surface area contributed by atoms with Crippen molar-refractivity contribution in [2.45, 2.75) is 52.5 Å². The number of rotatable bonds is 10. The van der Waals surface area contributed by atoms with E-state index in [1.54, 1.807) is 18.9 Å². The molecule has 0 rings (SSSR count). The van der Waals surface area contributed by atoms with Crippen LogP contribution in [0.3, 0.4) is 0 Å². The number of esters is 1. The van der Waals surface area contributed by atoms with Crippen molar-refractivity contribution in [3.8, 4) is 0 Å². The molecular weight excluding hydrogens is 244 g/mol. The molecule has 0 saturated carbocycles. The van der Waals surface area contributed by atoms with E-state index in [0.717, 1.165) is 12.8 Å². The van der Waals surface area contributed by atoms with Crippen molar-refractivity contribution in [2.24, 2.45) is 0 Å². The first-order chi connectivity index (χ1) is 8.99. The Hall–Kier alpha value is -1.10. The third-order valence-electron chi connectivity index (χ3n) is 2.77. The summed E-state index contributed by atoms with van der Waals surface area (Å²) in [7, 11) is 1.73. The van der Waals surface area contributed by atoms with Crippen LogP contribution in [0.25, 0.3) is 0 Å². The molecule has 0 aliphatic carbocycles. The highest BCUT2D eigenvalue weighted by atomic mass is 16.5. The molecule has 1 N–H and O–H groups in total. The lowest BCUT2D eigenvalue weighted by Gasteiger charge is -2.18. The van der Waals surface area contributed by atoms with Gasteiger partial charge in [0.05, 0.1) is 19.7 Å². The van der Waals surface area contributed by atoms with Gasteiger partial charge in [-0.1, -0.05) is 26.2 Å². The van der Waals surface area contributed by atoms with Crippen LogP contribution in [-0.4, -0.2) is 49.6 Å². The third-order valence-corrected chi connectivity index (χ3v) is 2.77. The van der Waals surface area contributed by atoms with E-state index in [1.165, 1.54) is 12.8 Å². The molecule has 0 radical (unpaired) electrons. The van der Waals surface area contributed by atoms with E-state index in [9.17, 15) is 9.59 Å². The number of ether oxygens (including phenoxy) is 1. The summed E-state index contributed by atoms with van der Waals surface area (Å²) in [5.74, 6) is -0.343. The zero-order chi connectivity index (χ0) is 14.7. The first-order valence-corrected chi connectivity index (χ1v) is 7.13. The first kappa shape index (κ1) is 17.9. The van der Waals surface area contributed by atoms with Gasteiger partial charge in [0, 0.05) is 6.04 Å². The number of amides is 1. The van der Waals surface area contributed by atoms with Gasteiger partial charge in [0.1, 0.15) is 0 Å². The Balaban J connectivity index is 3.80. The fourth-order valence-corrected chi connectivity index (χ4v) is 1.82. The molecule has 19 heavy (non-hydrogen) atoms. The molecule has 0 heterocycles. The largest absolute Gasteiger partial charge is 0.465 e. The Bertz CT molecular complexity index is 269. The summed E-state index contributed by atoms with van der Waals surface area (Å²) in [6, 6.07) is 0.190. The minimum absolute atomic E-state index is 0.0456. The summed E-state index contributed by atoms with van der Waals surface area (Å²) < 4.78 is 4.83. The summed E-state index contributed by atoms with van der Waals surface area (Å²) in [4.78, 5) is 24.6. The van der Waals surface area contributed by atoms with Crippen molar-refractivity contribution in [3.05, 3.63) is 0 Å². The maximum absolute atomic E-state index is 11.7. The molecule has 0 saturated heterocycles. The van der Waals surface area contributed by atoms with Gasteiger partial charge in [-0.05, 0) is 27.3 Å². The average molecular weight is 272 g/mol. The summed E-state index contributed by atoms with van der Waals surface area (Å²) >= 11 is 0. The summed E-state index contributed by atoms with van der Waals surface area (Å²) in [6.45, 7) is 6.67. The van der Waals surface area contributed by atoms with E-state index >= 15 is 0 Å². The van der Waals surface area contributed by atoms with Crippen LogP contribution in [0.15, 0.2) is 0 Å². The van der Waals surface area contributed by atoms with E-state index < -0.39 is 0 Å². The van der Waals surface area contributed by atoms with Crippen LogP contribution in [0.5, 0.6) is 0 Å². The third kappa shape index (κ3) is 10.5. The Morgan fingerprint density at radius 1 is 1.21 bits per heavy atom. The summed E-state index contributed by atoms with van der Waals surface area (Å²) in [5, 5.41) is 2.94. The van der Waals surface area contributed by atoms with Gasteiger partial charge in [0.2, 0.25) is 5.91 Å². The molecule has 0 aromatic carbocycles. The monoisotopic (exact) mass is 272 g/mol. The van der Waals surface area contributed by atoms with Gasteiger partial charge in [-0.3, -0.25) is 14.5 Å². The fourth-order valence-electron chi connectivity index (χ4n) is 1.82. The second-order valence-electron chi connectivity index (χ2n) is 4.94. The van der Waals surface area contributed by atoms with Crippen LogP contribution in [0.1, 0.15) is 46.5 Å². The Morgan fingerprint density at radius 2 is 1.89 bits per heavy atom. The van der Waals surface area contributed by atoms with Gasteiger partial charge in [-0.25, -0.2) is 0 Å². The Kier molecular flexibility index (Phi) is 10.2. The van der Waals surface area contributed by atoms with E-state index in [4.69, 9.17) is 4.74 Å². The number of nitrogens with one attached hydrogen (secondary N) is 1. The van der Waals surface area contributed by atoms with Crippen LogP contribution in [-0.2, 0) is 14.3 Å². The van der Waals surface area contributed by atoms with E-state index in [-0.39, 0.29) is 31.0 Å². The van der Waals surface area contributed by atoms with Crippen molar-refractivity contribution < 1.29 is 14.3 Å². The molecule has 1 amide bonds. The number of unbranched alkanes of at least 4 members (excludes halogenated alkanes) is 2. The normalized spacial score (nSPS) is 12.3. The SMILES string of the molecule is CCCCCC(C)NC(=O)CN(C)CC(=O)OCC. The molecule has 0 aromatic rings. The lowest BCUT2D eigenvalue weighted by molar-refractivity contribution is -0.144. The minimum Gasteiger partial charge on any atom is -0.465 e. The summed E-state index contributed by atoms with van der Waals surface area (Å²) in [6.07, 6.45) is 4.52. The highest BCUT2D eigenvalue weighted by molar-refractivity contribution is 5.79. The average Bonchev–Trinajstić information content (AvgIpc) is 2.28. The van der Waals surface area contributed by atoms with Crippen LogP contribution >= 0.6 is 0 Å². The zero-order valence-electron chi connectivity index (χ0n) is 12.7. The molecule has 0 aromatic heterocycles. The molecule has 0 aliphatic rings. The second-order valence-corrected chi connectivity index (χ2v) is 4.94. The zero-order valence-corrected chi connectivity index (χ0v) is 12.7. The number of carbonyl (C=O) groups is 2. The maximum Gasteiger partial charge on any atom is 0.320 e. The van der Waals surface area contributed by atoms with Crippen LogP contribution in [0.2, 0.25) is 0 Å². The predicted molar refractivity (Wildman–Crippen MR) is 75.9 cm³/mol. The van der Waals surface area contributed by atoms with Gasteiger partial charge >= 0.3 is 5.97 Å². The smallest absolute Gasteiger partial charge is 0.320 e. The van der Waals surface area contributed by atoms with E-state index in [1.807, 2.05) is 6.92 Å². The van der Waals surface area contributed by atoms with Crippen molar-refractivity contribution >= 4 is 11.9 Å². The molecule has 0 spiro atoms. The first-order valence-electron chi connectivity index (χ1n) is 7.13. The molecule has 5 nitrogen and oxygen atoms in total. The Morgan fingerprint density at radius 3 is 2.47 bits per heavy atom. The van der Waals surface area contributed by atoms with Gasteiger partial charge in [-0.2, -0.15) is 0 Å². The van der Waals surface area contributed by atoms with Crippen molar-refractivity contribution in [2.75, 3.05) is 26.7 Å². The molecule has 0 fully saturated rings. The number of hydrogen-bond donors (Lipinski definition) is 1. The number of nitrogens with zero attached hydrogens (tertiary/aromatic N) is 1. The van der Waals surface area contributed by atoms with Crippen LogP contribution in [0, 0.1) is 0 Å². The topological polar surface area (TPSA) is 58.6 Å². The van der Waals surface area contributed by atoms with Crippen molar-refractivity contribution in [1.29, 1.82) is 0 Å². The molecule has 5 heteroatoms. The quantitative estimate of drug-likeness (QED) is 0.484. The molecule has 112 valence electrons. The van der Waals surface area contributed by atoms with Gasteiger partial charge in [0.15, 0.2) is 0 Å². The van der Waals surface area contributed by atoms with Crippen LogP contribution < -0.4 is 5.32 Å². The van der Waals surface area contributed by atoms with Gasteiger partial charge in [-0.15, -0.1) is 0 Å². The molecule has 1 unspecified atom stereocenters. The molecule has 0 bridgehead atoms. The molecular formula is C14H28N2O3. The molecule has 0 aliphatic heterocycles. The van der Waals surface area contributed by atoms with Crippen LogP contribution in [0.4, 0.5) is 0 Å². The number of hydrogen-bond acceptors (Lipinski definition) is 4. The maximum atomic E-state index is 11.7. The lowest BCUT2D eigenvalue weighted by atomic mass is 10.1. The van der Waals surface area contributed by atoms with E-state index in [2.05, 4.69) is 12.2 Å². The predicted octanol–water partition coefficient (Wildman–Crippen LogP) is 1.57. The Labute approximate surface area is 116 Å². The highest BCUT2D eigenvalue weighted by Gasteiger charge is 2.12. The number of likely N-dealkylation sites (N-methyl/N-ethyl adjacent to an activating group) is 1. The standard InChI is InChI=1S/C14H28N2O3/c1-5-7-8-9-12(3)15-13(17)10-16(4)11-14(18)19-6-2/h12H,5-11H2,1-4H3,(H,15,17). The molecule has 1 atom stereocenters. The highest BCUT2D eigenvalue weighted by Crippen LogP contribution is 2.02. The summed E-state index contributed by atoms with van der Waals surface area (Å²) in [5.41, 5.74) is 0.